The largest absolute Gasteiger partial charge is 0.334 e. The smallest absolute Gasteiger partial charge is 0.255 e. The molecule has 1 aliphatic heterocycles. The van der Waals surface area contributed by atoms with Crippen LogP contribution in [0.2, 0.25) is 0 Å². The van der Waals surface area contributed by atoms with Gasteiger partial charge in [-0.3, -0.25) is 4.79 Å². The van der Waals surface area contributed by atoms with Crippen molar-refractivity contribution in [3.8, 4) is 11.3 Å². The third kappa shape index (κ3) is 3.13. The number of benzene rings is 2. The number of nitrogens with zero attached hydrogens (tertiary/aromatic N) is 2. The minimum absolute atomic E-state index is 0.114. The molecular weight excluding hydrogens is 310 g/mol. The van der Waals surface area contributed by atoms with Crippen LogP contribution in [0, 0.1) is 0 Å². The normalized spacial score (nSPS) is 15.5. The third-order valence-electron chi connectivity index (χ3n) is 4.92. The van der Waals surface area contributed by atoms with Crippen LogP contribution in [0.25, 0.3) is 22.2 Å². The number of carbonyl (C=O) groups is 1. The predicted octanol–water partition coefficient (Wildman–Crippen LogP) is 1.87. The van der Waals surface area contributed by atoms with E-state index in [4.69, 9.17) is 4.98 Å². The molecule has 4 nitrogen and oxygen atoms in total. The van der Waals surface area contributed by atoms with Crippen LogP contribution in [-0.2, 0) is 0 Å². The summed E-state index contributed by atoms with van der Waals surface area (Å²) in [6, 6.07) is 19.9. The summed E-state index contributed by atoms with van der Waals surface area (Å²) in [6.07, 6.45) is 0. The summed E-state index contributed by atoms with van der Waals surface area (Å²) in [6.45, 7) is 3.62. The average Bonchev–Trinajstić information content (AvgIpc) is 2.68. The molecule has 0 aliphatic carbocycles. The molecule has 126 valence electrons. The van der Waals surface area contributed by atoms with Crippen molar-refractivity contribution in [2.45, 2.75) is 0 Å². The summed E-state index contributed by atoms with van der Waals surface area (Å²) in [4.78, 5) is 21.4. The maximum Gasteiger partial charge on any atom is 0.255 e. The van der Waals surface area contributed by atoms with Crippen molar-refractivity contribution < 1.29 is 9.69 Å². The first-order valence-electron chi connectivity index (χ1n) is 8.78. The lowest BCUT2D eigenvalue weighted by Gasteiger charge is -2.30. The van der Waals surface area contributed by atoms with Crippen molar-refractivity contribution in [1.82, 2.24) is 9.88 Å². The molecule has 4 rings (SSSR count). The topological polar surface area (TPSA) is 37.6 Å². The highest BCUT2D eigenvalue weighted by atomic mass is 16.2. The lowest BCUT2D eigenvalue weighted by atomic mass is 10.0. The molecule has 2 aromatic carbocycles. The molecule has 0 unspecified atom stereocenters. The van der Waals surface area contributed by atoms with Crippen molar-refractivity contribution in [3.05, 3.63) is 66.2 Å². The Morgan fingerprint density at radius 1 is 1.00 bits per heavy atom. The zero-order chi connectivity index (χ0) is 17.2. The number of carbonyl (C=O) groups excluding carboxylic acids is 1. The van der Waals surface area contributed by atoms with Crippen LogP contribution in [0.1, 0.15) is 10.4 Å². The summed E-state index contributed by atoms with van der Waals surface area (Å²) in [7, 11) is 2.18. The van der Waals surface area contributed by atoms with Crippen molar-refractivity contribution in [3.63, 3.8) is 0 Å². The Morgan fingerprint density at radius 3 is 2.44 bits per heavy atom. The summed E-state index contributed by atoms with van der Waals surface area (Å²) in [5.41, 5.74) is 3.50. The molecule has 1 aliphatic rings. The lowest BCUT2D eigenvalue weighted by Crippen LogP contribution is -3.12. The third-order valence-corrected chi connectivity index (χ3v) is 4.92. The standard InChI is InChI=1S/C21H21N3O/c1-23-11-13-24(14-12-23)21(25)18-15-20(16-7-3-2-4-8-16)22-19-10-6-5-9-17(18)19/h2-10,15H,11-14H2,1H3/p+1. The van der Waals surface area contributed by atoms with Crippen LogP contribution in [0.3, 0.4) is 0 Å². The van der Waals surface area contributed by atoms with Gasteiger partial charge in [0.2, 0.25) is 0 Å². The highest BCUT2D eigenvalue weighted by molar-refractivity contribution is 6.07. The van der Waals surface area contributed by atoms with Gasteiger partial charge in [-0.05, 0) is 12.1 Å². The van der Waals surface area contributed by atoms with E-state index >= 15 is 0 Å². The number of piperazine rings is 1. The highest BCUT2D eigenvalue weighted by Gasteiger charge is 2.24. The van der Waals surface area contributed by atoms with Gasteiger partial charge in [-0.2, -0.15) is 0 Å². The van der Waals surface area contributed by atoms with Gasteiger partial charge >= 0.3 is 0 Å². The van der Waals surface area contributed by atoms with E-state index in [2.05, 4.69) is 7.05 Å². The minimum Gasteiger partial charge on any atom is -0.334 e. The number of aromatic nitrogens is 1. The quantitative estimate of drug-likeness (QED) is 0.778. The fourth-order valence-electron chi connectivity index (χ4n) is 3.37. The monoisotopic (exact) mass is 332 g/mol. The van der Waals surface area contributed by atoms with Crippen molar-refractivity contribution in [2.24, 2.45) is 0 Å². The van der Waals surface area contributed by atoms with Gasteiger partial charge in [0.15, 0.2) is 0 Å². The maximum atomic E-state index is 13.2. The Bertz CT molecular complexity index is 899. The zero-order valence-corrected chi connectivity index (χ0v) is 14.4. The number of hydrogen-bond donors (Lipinski definition) is 1. The van der Waals surface area contributed by atoms with E-state index < -0.39 is 0 Å². The summed E-state index contributed by atoms with van der Waals surface area (Å²) in [5, 5.41) is 0.929. The number of likely N-dealkylation sites (N-methyl/N-ethyl adjacent to an activating group) is 1. The SMILES string of the molecule is C[NH+]1CCN(C(=O)c2cc(-c3ccccc3)nc3ccccc23)CC1. The number of amides is 1. The molecule has 1 saturated heterocycles. The van der Waals surface area contributed by atoms with Crippen LogP contribution in [0.5, 0.6) is 0 Å². The highest BCUT2D eigenvalue weighted by Crippen LogP contribution is 2.25. The Morgan fingerprint density at radius 2 is 1.68 bits per heavy atom. The second-order valence-electron chi connectivity index (χ2n) is 6.69. The number of nitrogens with one attached hydrogen (secondary N) is 1. The van der Waals surface area contributed by atoms with Gasteiger partial charge in [0.05, 0.1) is 50.0 Å². The molecule has 1 fully saturated rings. The van der Waals surface area contributed by atoms with Crippen molar-refractivity contribution in [2.75, 3.05) is 33.2 Å². The molecule has 0 saturated carbocycles. The van der Waals surface area contributed by atoms with Crippen LogP contribution >= 0.6 is 0 Å². The summed E-state index contributed by atoms with van der Waals surface area (Å²) >= 11 is 0. The van der Waals surface area contributed by atoms with Gasteiger partial charge < -0.3 is 9.80 Å². The van der Waals surface area contributed by atoms with Crippen LogP contribution in [-0.4, -0.2) is 49.0 Å². The molecule has 4 heteroatoms. The lowest BCUT2D eigenvalue weighted by molar-refractivity contribution is -0.883. The number of rotatable bonds is 2. The summed E-state index contributed by atoms with van der Waals surface area (Å²) in [5.74, 6) is 0.114. The van der Waals surface area contributed by atoms with Gasteiger partial charge in [-0.25, -0.2) is 4.98 Å². The van der Waals surface area contributed by atoms with E-state index in [-0.39, 0.29) is 5.91 Å². The van der Waals surface area contributed by atoms with Crippen LogP contribution in [0.15, 0.2) is 60.7 Å². The van der Waals surface area contributed by atoms with Crippen LogP contribution in [0.4, 0.5) is 0 Å². The van der Waals surface area contributed by atoms with Gasteiger partial charge in [-0.1, -0.05) is 48.5 Å². The van der Waals surface area contributed by atoms with E-state index in [0.717, 1.165) is 53.9 Å². The van der Waals surface area contributed by atoms with Gasteiger partial charge in [-0.15, -0.1) is 0 Å². The number of quaternary nitrogens is 1. The molecule has 25 heavy (non-hydrogen) atoms. The fraction of sp³-hybridized carbons (Fsp3) is 0.238. The molecule has 0 radical (unpaired) electrons. The molecule has 3 aromatic rings. The molecular formula is C21H22N3O+. The molecule has 1 aromatic heterocycles. The van der Waals surface area contributed by atoms with Crippen molar-refractivity contribution in [1.29, 1.82) is 0 Å². The minimum atomic E-state index is 0.114. The van der Waals surface area contributed by atoms with Crippen molar-refractivity contribution >= 4 is 16.8 Å². The number of para-hydroxylation sites is 1. The Balaban J connectivity index is 1.80. The van der Waals surface area contributed by atoms with E-state index in [9.17, 15) is 4.79 Å². The van der Waals surface area contributed by atoms with E-state index in [1.165, 1.54) is 4.90 Å². The van der Waals surface area contributed by atoms with Gasteiger partial charge in [0, 0.05) is 10.9 Å². The molecule has 1 amide bonds. The number of pyridine rings is 1. The second kappa shape index (κ2) is 6.65. The first-order valence-corrected chi connectivity index (χ1v) is 8.78. The first kappa shape index (κ1) is 15.8. The second-order valence-corrected chi connectivity index (χ2v) is 6.69. The van der Waals surface area contributed by atoms with Gasteiger partial charge in [0.1, 0.15) is 0 Å². The summed E-state index contributed by atoms with van der Waals surface area (Å²) < 4.78 is 0. The number of hydrogen-bond acceptors (Lipinski definition) is 2. The van der Waals surface area contributed by atoms with Crippen LogP contribution < -0.4 is 4.90 Å². The number of fused-ring (bicyclic) bond motifs is 1. The van der Waals surface area contributed by atoms with Gasteiger partial charge in [0.25, 0.3) is 5.91 Å². The van der Waals surface area contributed by atoms with E-state index in [0.29, 0.717) is 0 Å². The molecule has 0 spiro atoms. The molecule has 2 heterocycles. The fourth-order valence-corrected chi connectivity index (χ4v) is 3.37. The van der Waals surface area contributed by atoms with E-state index in [1.54, 1.807) is 0 Å². The Kier molecular flexibility index (Phi) is 4.20. The Labute approximate surface area is 147 Å². The maximum absolute atomic E-state index is 13.2. The Hall–Kier alpha value is -2.72. The first-order chi connectivity index (χ1) is 12.2. The molecule has 0 atom stereocenters. The zero-order valence-electron chi connectivity index (χ0n) is 14.4. The molecule has 0 bridgehead atoms. The predicted molar refractivity (Wildman–Crippen MR) is 99.7 cm³/mol. The molecule has 1 N–H and O–H groups in total. The van der Waals surface area contributed by atoms with E-state index in [1.807, 2.05) is 65.6 Å². The average molecular weight is 332 g/mol.